The summed E-state index contributed by atoms with van der Waals surface area (Å²) in [5, 5.41) is 26.6. The molecule has 0 bridgehead atoms. The Balaban J connectivity index is 0.000000196. The number of urea groups is 4. The second-order valence-corrected chi connectivity index (χ2v) is 36.9. The Kier molecular flexibility index (Phi) is 36.3. The zero-order chi connectivity index (χ0) is 95.8. The molecular formula is C84H94BrF9N22O10S4. The molecule has 0 saturated heterocycles. The van der Waals surface area contributed by atoms with Crippen molar-refractivity contribution in [2.45, 2.75) is 137 Å². The smallest absolute Gasteiger partial charge is 0.345 e. The quantitative estimate of drug-likeness (QED) is 0.0268. The molecule has 8 heterocycles. The highest BCUT2D eigenvalue weighted by Crippen LogP contribution is 2.38. The topological polar surface area (TPSA) is 424 Å². The van der Waals surface area contributed by atoms with E-state index >= 15 is 0 Å². The Hall–Kier alpha value is -12.3. The van der Waals surface area contributed by atoms with E-state index in [-0.39, 0.29) is 71.1 Å². The molecule has 1 fully saturated rings. The number of carbonyl (C=O) groups excluding carboxylic acids is 4. The summed E-state index contributed by atoms with van der Waals surface area (Å²) in [6.07, 6.45) is 3.59. The van der Waals surface area contributed by atoms with Crippen LogP contribution in [0.4, 0.5) is 122 Å². The Morgan fingerprint density at radius 3 is 1.15 bits per heavy atom. The minimum Gasteiger partial charge on any atom is -0.345 e. The second kappa shape index (κ2) is 45.8. The third kappa shape index (κ3) is 31.0. The van der Waals surface area contributed by atoms with E-state index in [1.54, 1.807) is 58.5 Å². The molecule has 0 unspecified atom stereocenters. The minimum atomic E-state index is -4.47. The second-order valence-electron chi connectivity index (χ2n) is 29.3. The minimum absolute atomic E-state index is 0.0616. The summed E-state index contributed by atoms with van der Waals surface area (Å²) in [6, 6.07) is 44.0. The van der Waals surface area contributed by atoms with Gasteiger partial charge in [0.1, 0.15) is 30.5 Å². The largest absolute Gasteiger partial charge is 0.405 e. The zero-order valence-corrected chi connectivity index (χ0v) is 76.8. The number of aromatic nitrogens is 8. The van der Waals surface area contributed by atoms with Crippen molar-refractivity contribution < 1.29 is 83.9 Å². The monoisotopic (exact) mass is 1950 g/mol. The number of alkyl halides is 9. The predicted molar refractivity (Wildman–Crippen MR) is 484 cm³/mol. The number of thioether (sulfide) groups is 1. The summed E-state index contributed by atoms with van der Waals surface area (Å²) < 4.78 is 176. The molecule has 0 spiro atoms. The van der Waals surface area contributed by atoms with Crippen LogP contribution >= 0.6 is 27.7 Å². The molecule has 9 N–H and O–H groups in total. The van der Waals surface area contributed by atoms with Gasteiger partial charge in [-0.3, -0.25) is 35.6 Å². The Morgan fingerprint density at radius 2 is 0.792 bits per heavy atom. The molecule has 694 valence electrons. The van der Waals surface area contributed by atoms with Gasteiger partial charge in [-0.05, 0) is 158 Å². The van der Waals surface area contributed by atoms with E-state index in [2.05, 4.69) is 113 Å². The van der Waals surface area contributed by atoms with Crippen LogP contribution in [0.3, 0.4) is 0 Å². The highest BCUT2D eigenvalue weighted by molar-refractivity contribution is 9.10. The number of aryl methyl sites for hydroxylation is 4. The van der Waals surface area contributed by atoms with Crippen LogP contribution in [0.5, 0.6) is 0 Å². The van der Waals surface area contributed by atoms with Crippen LogP contribution in [0.1, 0.15) is 77.1 Å². The maximum absolute atomic E-state index is 13.6. The first kappa shape index (κ1) is 103. The molecule has 1 aliphatic carbocycles. The molecule has 4 aromatic heterocycles. The summed E-state index contributed by atoms with van der Waals surface area (Å²) in [7, 11) is -5.91. The van der Waals surface area contributed by atoms with Gasteiger partial charge in [-0.25, -0.2) is 79.2 Å². The highest BCUT2D eigenvalue weighted by Gasteiger charge is 2.37. The molecule has 5 aliphatic rings. The molecule has 0 radical (unpaired) electrons. The number of anilines is 11. The molecule has 8 amide bonds. The number of hydrogen-bond donors (Lipinski definition) is 8. The Morgan fingerprint density at radius 1 is 0.469 bits per heavy atom. The number of nitriles is 1. The van der Waals surface area contributed by atoms with Gasteiger partial charge in [0.15, 0.2) is 30.6 Å². The maximum Gasteiger partial charge on any atom is 0.405 e. The SMILES string of the molecule is CC#N.CN[C@@H]1CCCC[C@H]1NC.CS(=O)(=O)c1ccc(Br)cc1.CSc1ncc2c(n1)NC(=O)N(c1ccc(C)cc1)C2.Cc1ccc(N2Cc3cnc(NCC(F)(F)F)nc3N(c3ccc(S(C)(=O)=O)cc3)C2=O)cc1.Cc1ccc(N2Cc3cnc(NCC(F)(F)F)nc3NC2=O)cc1.Cc1ccc(N2Cc3cnc(S(C)(=O)=O)nc3NC2=O)cc1.NCC(F)(F)F. The van der Waals surface area contributed by atoms with Gasteiger partial charge in [0.2, 0.25) is 26.9 Å². The van der Waals surface area contributed by atoms with E-state index in [4.69, 9.17) is 5.26 Å². The fraction of sp³-hybridized carbons (Fsp3) is 0.321. The number of nitrogens with zero attached hydrogens (tertiary/aromatic N) is 14. The standard InChI is InChI=1S/C22H20F3N5O3S.C15H14F3N5O.C14H14N4O3S.C14H14N4OS.C8H18N2.C7H7BrO2S.C2H4F3N.C2H3N/c1-14-3-5-16(6-4-14)29-12-15-11-26-20(27-13-22(23,24)25)28-19(15)30(21(29)31)17-7-9-18(10-8-17)34(2,32)33;1-9-2-4-11(5-3-9)23-7-10-6-19-13(20-8-15(16,17)18)21-12(10)22-14(23)24;1-9-3-5-11(6-4-9)18-8-10-7-15-13(22(2,20)21)16-12(10)17-14(18)19;1-9-3-5-11(6-4-9)18-8-10-7-15-13(20-2)16-12(10)17-14(18)19;1-9-7-5-3-4-6-8(7)10-2;1-11(9,10)7-4-2-6(8)3-5-7;3-2(4,5)1-6;1-2-3/h3-11H,12-13H2,1-2H3,(H,26,27,28);2-6H,7-8H2,1H3,(H2,19,20,21,22,24);3-7H,8H2,1-2H3,(H,15,16,17,19);3-7H,8H2,1-2H3,(H,15,16,17,19);7-10H,3-6H2,1-2H3;2-5H,1H3;1,6H2;1H3/t;;;;7-,8-;;;/m....1.../s1. The molecule has 6 aromatic carbocycles. The number of fused-ring (bicyclic) bond motifs is 4. The van der Waals surface area contributed by atoms with Gasteiger partial charge in [-0.15, -0.1) is 0 Å². The molecule has 2 atom stereocenters. The number of rotatable bonds is 15. The van der Waals surface area contributed by atoms with E-state index in [0.29, 0.717) is 68.3 Å². The third-order valence-corrected chi connectivity index (χ3v) is 23.3. The van der Waals surface area contributed by atoms with Gasteiger partial charge in [0.05, 0.1) is 54.3 Å². The van der Waals surface area contributed by atoms with Crippen molar-refractivity contribution in [1.82, 2.24) is 50.5 Å². The number of halogens is 10. The Labute approximate surface area is 758 Å². The molecule has 10 aromatic rings. The van der Waals surface area contributed by atoms with Crippen molar-refractivity contribution in [3.05, 3.63) is 219 Å². The van der Waals surface area contributed by atoms with Crippen molar-refractivity contribution in [3.8, 4) is 6.07 Å². The van der Waals surface area contributed by atoms with Crippen LogP contribution in [0.25, 0.3) is 0 Å². The first-order valence-corrected chi connectivity index (χ1v) is 46.9. The van der Waals surface area contributed by atoms with Crippen LogP contribution in [0.15, 0.2) is 195 Å². The number of benzene rings is 6. The summed E-state index contributed by atoms with van der Waals surface area (Å²) in [6.45, 7) is 6.59. The molecule has 32 nitrogen and oxygen atoms in total. The van der Waals surface area contributed by atoms with E-state index in [1.165, 1.54) is 114 Å². The Bertz CT molecular complexity index is 5960. The third-order valence-electron chi connectivity index (χ3n) is 19.0. The van der Waals surface area contributed by atoms with Crippen molar-refractivity contribution in [1.29, 1.82) is 5.26 Å². The lowest BCUT2D eigenvalue weighted by Crippen LogP contribution is -2.47. The number of nitrogens with two attached hydrogens (primary N) is 1. The molecule has 4 aliphatic heterocycles. The summed E-state index contributed by atoms with van der Waals surface area (Å²) in [5.41, 5.74) is 14.5. The van der Waals surface area contributed by atoms with Gasteiger partial charge in [-0.2, -0.15) is 54.7 Å². The summed E-state index contributed by atoms with van der Waals surface area (Å²) in [5.74, 6) is 0.699. The van der Waals surface area contributed by atoms with Gasteiger partial charge in [0, 0.05) is 112 Å². The van der Waals surface area contributed by atoms with E-state index in [9.17, 15) is 83.9 Å². The molecule has 46 heteroatoms. The van der Waals surface area contributed by atoms with Crippen molar-refractivity contribution in [2.24, 2.45) is 5.73 Å². The van der Waals surface area contributed by atoms with Gasteiger partial charge < -0.3 is 27.0 Å². The lowest BCUT2D eigenvalue weighted by atomic mass is 9.91. The molecule has 130 heavy (non-hydrogen) atoms. The van der Waals surface area contributed by atoms with Gasteiger partial charge in [-0.1, -0.05) is 111 Å². The number of likely N-dealkylation sites (N-methyl/N-ethyl adjacent to an activating group) is 2. The lowest BCUT2D eigenvalue weighted by molar-refractivity contribution is -0.119. The maximum atomic E-state index is 13.6. The van der Waals surface area contributed by atoms with E-state index in [1.807, 2.05) is 119 Å². The van der Waals surface area contributed by atoms with Crippen LogP contribution in [0.2, 0.25) is 0 Å². The van der Waals surface area contributed by atoms with Crippen LogP contribution in [-0.4, -0.2) is 179 Å². The van der Waals surface area contributed by atoms with Crippen molar-refractivity contribution in [2.75, 3.05) is 110 Å². The number of carbonyl (C=O) groups is 4. The normalized spacial score (nSPS) is 15.1. The summed E-state index contributed by atoms with van der Waals surface area (Å²) >= 11 is 4.67. The molecule has 1 saturated carbocycles. The van der Waals surface area contributed by atoms with Crippen LogP contribution < -0.4 is 67.5 Å². The highest BCUT2D eigenvalue weighted by atomic mass is 79.9. The predicted octanol–water partition coefficient (Wildman–Crippen LogP) is 16.2. The number of nitrogens with one attached hydrogen (secondary N) is 7. The van der Waals surface area contributed by atoms with Gasteiger partial charge >= 0.3 is 42.7 Å². The number of hydrogen-bond acceptors (Lipinski definition) is 25. The van der Waals surface area contributed by atoms with Crippen LogP contribution in [0, 0.1) is 39.0 Å². The van der Waals surface area contributed by atoms with E-state index in [0.717, 1.165) is 50.6 Å². The van der Waals surface area contributed by atoms with Crippen LogP contribution in [-0.2, 0) is 55.7 Å². The first-order chi connectivity index (χ1) is 61.1. The lowest BCUT2D eigenvalue weighted by Gasteiger charge is -2.36. The summed E-state index contributed by atoms with van der Waals surface area (Å²) in [4.78, 5) is 90.3. The fourth-order valence-electron chi connectivity index (χ4n) is 12.4. The number of sulfone groups is 3. The average molecular weight is 1950 g/mol. The number of amides is 8. The zero-order valence-electron chi connectivity index (χ0n) is 71.9. The van der Waals surface area contributed by atoms with Crippen molar-refractivity contribution in [3.63, 3.8) is 0 Å². The first-order valence-electron chi connectivity index (χ1n) is 39.2. The van der Waals surface area contributed by atoms with Gasteiger partial charge in [0.25, 0.3) is 0 Å². The average Bonchev–Trinajstić information content (AvgIpc) is 0.758. The molecular weight excluding hydrogens is 1860 g/mol. The fourth-order valence-corrected chi connectivity index (χ4v) is 14.7. The van der Waals surface area contributed by atoms with E-state index < -0.39 is 79.7 Å². The van der Waals surface area contributed by atoms with Crippen molar-refractivity contribution >= 4 is 145 Å². The molecule has 15 rings (SSSR count).